The van der Waals surface area contributed by atoms with Gasteiger partial charge in [0.25, 0.3) is 0 Å². The predicted octanol–water partition coefficient (Wildman–Crippen LogP) is 2.34. The van der Waals surface area contributed by atoms with Crippen molar-refractivity contribution in [1.29, 1.82) is 0 Å². The molecule has 0 spiro atoms. The SMILES string of the molecule is CCCO[C@H]1CCCN(Cc2noc(C3CC3)n2)C1. The van der Waals surface area contributed by atoms with Crippen molar-refractivity contribution in [2.24, 2.45) is 0 Å². The van der Waals surface area contributed by atoms with Gasteiger partial charge in [-0.2, -0.15) is 4.98 Å². The van der Waals surface area contributed by atoms with Crippen LogP contribution in [0, 0.1) is 0 Å². The molecule has 19 heavy (non-hydrogen) atoms. The zero-order chi connectivity index (χ0) is 13.1. The molecule has 0 radical (unpaired) electrons. The summed E-state index contributed by atoms with van der Waals surface area (Å²) in [6, 6.07) is 0. The van der Waals surface area contributed by atoms with Gasteiger partial charge in [0.15, 0.2) is 5.82 Å². The van der Waals surface area contributed by atoms with Crippen LogP contribution in [0.25, 0.3) is 0 Å². The van der Waals surface area contributed by atoms with E-state index in [1.165, 1.54) is 25.7 Å². The lowest BCUT2D eigenvalue weighted by Crippen LogP contribution is -2.39. The third-order valence-electron chi connectivity index (χ3n) is 3.80. The topological polar surface area (TPSA) is 51.4 Å². The molecule has 0 unspecified atom stereocenters. The highest BCUT2D eigenvalue weighted by molar-refractivity contribution is 5.01. The Labute approximate surface area is 114 Å². The lowest BCUT2D eigenvalue weighted by Gasteiger charge is -2.31. The summed E-state index contributed by atoms with van der Waals surface area (Å²) in [7, 11) is 0. The molecule has 5 heteroatoms. The van der Waals surface area contributed by atoms with Gasteiger partial charge in [0.2, 0.25) is 5.89 Å². The molecule has 5 nitrogen and oxygen atoms in total. The van der Waals surface area contributed by atoms with E-state index in [2.05, 4.69) is 22.0 Å². The molecule has 1 atom stereocenters. The van der Waals surface area contributed by atoms with Crippen molar-refractivity contribution in [2.75, 3.05) is 19.7 Å². The van der Waals surface area contributed by atoms with E-state index in [0.717, 1.165) is 44.4 Å². The van der Waals surface area contributed by atoms with Crippen LogP contribution >= 0.6 is 0 Å². The Morgan fingerprint density at radius 1 is 1.37 bits per heavy atom. The summed E-state index contributed by atoms with van der Waals surface area (Å²) >= 11 is 0. The normalized spacial score (nSPS) is 24.8. The van der Waals surface area contributed by atoms with Crippen LogP contribution in [0.3, 0.4) is 0 Å². The molecule has 1 aromatic rings. The molecular weight excluding hydrogens is 242 g/mol. The Morgan fingerprint density at radius 2 is 2.26 bits per heavy atom. The van der Waals surface area contributed by atoms with Gasteiger partial charge in [-0.3, -0.25) is 4.90 Å². The summed E-state index contributed by atoms with van der Waals surface area (Å²) in [5.41, 5.74) is 0. The molecule has 3 rings (SSSR count). The fraction of sp³-hybridized carbons (Fsp3) is 0.857. The van der Waals surface area contributed by atoms with Crippen LogP contribution in [0.15, 0.2) is 4.52 Å². The predicted molar refractivity (Wildman–Crippen MR) is 70.8 cm³/mol. The molecule has 1 aliphatic carbocycles. The van der Waals surface area contributed by atoms with E-state index in [4.69, 9.17) is 9.26 Å². The van der Waals surface area contributed by atoms with Crippen molar-refractivity contribution < 1.29 is 9.26 Å². The minimum absolute atomic E-state index is 0.378. The Hall–Kier alpha value is -0.940. The second kappa shape index (κ2) is 6.01. The Balaban J connectivity index is 1.50. The first kappa shape index (κ1) is 13.1. The largest absolute Gasteiger partial charge is 0.377 e. The van der Waals surface area contributed by atoms with Crippen LogP contribution in [0.2, 0.25) is 0 Å². The number of hydrogen-bond acceptors (Lipinski definition) is 5. The highest BCUT2D eigenvalue weighted by atomic mass is 16.5. The molecule has 1 aliphatic heterocycles. The summed E-state index contributed by atoms with van der Waals surface area (Å²) in [4.78, 5) is 6.87. The molecular formula is C14H23N3O2. The van der Waals surface area contributed by atoms with E-state index in [1.807, 2.05) is 0 Å². The molecule has 0 aromatic carbocycles. The van der Waals surface area contributed by atoms with Crippen molar-refractivity contribution in [3.05, 3.63) is 11.7 Å². The van der Waals surface area contributed by atoms with Crippen molar-refractivity contribution in [1.82, 2.24) is 15.0 Å². The second-order valence-corrected chi connectivity index (χ2v) is 5.69. The van der Waals surface area contributed by atoms with E-state index < -0.39 is 0 Å². The van der Waals surface area contributed by atoms with E-state index in [1.54, 1.807) is 0 Å². The van der Waals surface area contributed by atoms with E-state index >= 15 is 0 Å². The molecule has 1 saturated heterocycles. The third kappa shape index (κ3) is 3.54. The fourth-order valence-electron chi connectivity index (χ4n) is 2.61. The summed E-state index contributed by atoms with van der Waals surface area (Å²) in [5.74, 6) is 2.21. The standard InChI is InChI=1S/C14H23N3O2/c1-2-8-18-12-4-3-7-17(9-12)10-13-15-14(19-16-13)11-5-6-11/h11-12H,2-10H2,1H3/t12-/m0/s1. The Morgan fingerprint density at radius 3 is 3.05 bits per heavy atom. The summed E-state index contributed by atoms with van der Waals surface area (Å²) in [5, 5.41) is 4.09. The number of likely N-dealkylation sites (tertiary alicyclic amines) is 1. The van der Waals surface area contributed by atoms with Crippen molar-refractivity contribution in [3.63, 3.8) is 0 Å². The lowest BCUT2D eigenvalue weighted by molar-refractivity contribution is -0.00299. The quantitative estimate of drug-likeness (QED) is 0.790. The second-order valence-electron chi connectivity index (χ2n) is 5.69. The molecule has 106 valence electrons. The first-order valence-electron chi connectivity index (χ1n) is 7.51. The molecule has 1 saturated carbocycles. The van der Waals surface area contributed by atoms with Gasteiger partial charge >= 0.3 is 0 Å². The number of nitrogens with zero attached hydrogens (tertiary/aromatic N) is 3. The monoisotopic (exact) mass is 265 g/mol. The molecule has 2 fully saturated rings. The molecule has 0 bridgehead atoms. The van der Waals surface area contributed by atoms with Crippen molar-refractivity contribution in [2.45, 2.75) is 57.6 Å². The van der Waals surface area contributed by atoms with Crippen molar-refractivity contribution in [3.8, 4) is 0 Å². The minimum Gasteiger partial charge on any atom is -0.377 e. The zero-order valence-corrected chi connectivity index (χ0v) is 11.7. The van der Waals surface area contributed by atoms with Gasteiger partial charge in [-0.15, -0.1) is 0 Å². The van der Waals surface area contributed by atoms with E-state index in [-0.39, 0.29) is 0 Å². The minimum atomic E-state index is 0.378. The summed E-state index contributed by atoms with van der Waals surface area (Å²) in [6.45, 7) is 5.92. The number of rotatable bonds is 6. The van der Waals surface area contributed by atoms with Crippen molar-refractivity contribution >= 4 is 0 Å². The fourth-order valence-corrected chi connectivity index (χ4v) is 2.61. The average molecular weight is 265 g/mol. The van der Waals surface area contributed by atoms with E-state index in [0.29, 0.717) is 12.0 Å². The number of hydrogen-bond donors (Lipinski definition) is 0. The molecule has 2 heterocycles. The maximum absolute atomic E-state index is 5.85. The highest BCUT2D eigenvalue weighted by Gasteiger charge is 2.30. The van der Waals surface area contributed by atoms with Crippen LogP contribution < -0.4 is 0 Å². The first-order valence-corrected chi connectivity index (χ1v) is 7.51. The van der Waals surface area contributed by atoms with Gasteiger partial charge < -0.3 is 9.26 Å². The summed E-state index contributed by atoms with van der Waals surface area (Å²) < 4.78 is 11.2. The highest BCUT2D eigenvalue weighted by Crippen LogP contribution is 2.38. The van der Waals surface area contributed by atoms with Gasteiger partial charge in [-0.25, -0.2) is 0 Å². The third-order valence-corrected chi connectivity index (χ3v) is 3.80. The van der Waals surface area contributed by atoms with Crippen LogP contribution in [0.4, 0.5) is 0 Å². The number of piperidine rings is 1. The smallest absolute Gasteiger partial charge is 0.229 e. The Kier molecular flexibility index (Phi) is 4.13. The first-order chi connectivity index (χ1) is 9.35. The number of ether oxygens (including phenoxy) is 1. The van der Waals surface area contributed by atoms with Gasteiger partial charge in [-0.05, 0) is 38.6 Å². The van der Waals surface area contributed by atoms with Gasteiger partial charge in [0.1, 0.15) is 0 Å². The maximum atomic E-state index is 5.85. The van der Waals surface area contributed by atoms with Gasteiger partial charge in [-0.1, -0.05) is 12.1 Å². The van der Waals surface area contributed by atoms with Crippen LogP contribution in [-0.2, 0) is 11.3 Å². The molecule has 2 aliphatic rings. The van der Waals surface area contributed by atoms with Gasteiger partial charge in [0, 0.05) is 19.1 Å². The van der Waals surface area contributed by atoms with E-state index in [9.17, 15) is 0 Å². The van der Waals surface area contributed by atoms with Crippen LogP contribution in [0.1, 0.15) is 56.7 Å². The van der Waals surface area contributed by atoms with Crippen LogP contribution in [-0.4, -0.2) is 40.8 Å². The summed E-state index contributed by atoms with van der Waals surface area (Å²) in [6.07, 6.45) is 6.25. The maximum Gasteiger partial charge on any atom is 0.229 e. The lowest BCUT2D eigenvalue weighted by atomic mass is 10.1. The Bertz CT molecular complexity index is 403. The molecule has 1 aromatic heterocycles. The zero-order valence-electron chi connectivity index (χ0n) is 11.7. The average Bonchev–Trinajstić information content (AvgIpc) is 3.18. The number of aromatic nitrogens is 2. The van der Waals surface area contributed by atoms with Crippen LogP contribution in [0.5, 0.6) is 0 Å². The molecule has 0 N–H and O–H groups in total. The van der Waals surface area contributed by atoms with Gasteiger partial charge in [0.05, 0.1) is 12.6 Å². The molecule has 0 amide bonds.